The molecule has 0 aliphatic carbocycles. The molecule has 0 aromatic carbocycles. The molecule has 0 radical (unpaired) electrons. The molecule has 4 atom stereocenters. The lowest BCUT2D eigenvalue weighted by atomic mass is 10.0. The zero-order chi connectivity index (χ0) is 24.7. The van der Waals surface area contributed by atoms with E-state index >= 15 is 0 Å². The molecule has 12 nitrogen and oxygen atoms in total. The predicted molar refractivity (Wildman–Crippen MR) is 117 cm³/mol. The van der Waals surface area contributed by atoms with Crippen LogP contribution in [0.5, 0.6) is 0 Å². The molecule has 182 valence electrons. The van der Waals surface area contributed by atoms with E-state index in [1.165, 1.54) is 11.1 Å². The van der Waals surface area contributed by atoms with Crippen molar-refractivity contribution in [2.24, 2.45) is 0 Å². The van der Waals surface area contributed by atoms with Gasteiger partial charge in [-0.3, -0.25) is 34.5 Å². The van der Waals surface area contributed by atoms with Gasteiger partial charge < -0.3 is 20.3 Å². The number of carbonyl (C=O) groups excluding carboxylic acids is 4. The van der Waals surface area contributed by atoms with Gasteiger partial charge in [0, 0.05) is 31.4 Å². The molecule has 0 bridgehead atoms. The molecule has 1 aromatic heterocycles. The van der Waals surface area contributed by atoms with Crippen LogP contribution in [0.1, 0.15) is 37.7 Å². The molecule has 1 unspecified atom stereocenters. The number of rotatable bonds is 9. The van der Waals surface area contributed by atoms with Gasteiger partial charge in [0.15, 0.2) is 0 Å². The van der Waals surface area contributed by atoms with Gasteiger partial charge in [0.05, 0.1) is 18.5 Å². The smallest absolute Gasteiger partial charge is 0.305 e. The molecule has 3 heterocycles. The average molecular weight is 473 g/mol. The Hall–Kier alpha value is -3.64. The second-order valence-corrected chi connectivity index (χ2v) is 8.07. The lowest BCUT2D eigenvalue weighted by Gasteiger charge is -2.45. The number of hydrogen-bond acceptors (Lipinski definition) is 8. The van der Waals surface area contributed by atoms with Crippen molar-refractivity contribution in [2.75, 3.05) is 6.54 Å². The Labute approximate surface area is 195 Å². The third kappa shape index (κ3) is 6.23. The standard InChI is InChI=1S/C22H27N5O7/c28-13-15(12-20(31)32)24-21(33)17-2-1-11-26-19(30)6-4-16(22(34)27(17)26)25-18(29)5-3-14-7-9-23-10-8-14/h3,5,7-10,13,15-17,21,24,33H,1-2,4,6,11-12H2,(H,25,29)(H,31,32)/b5-3+/t15-,16-,17-,21?/m0/s1. The molecule has 4 N–H and O–H groups in total. The van der Waals surface area contributed by atoms with Crippen LogP contribution < -0.4 is 10.6 Å². The first-order valence-electron chi connectivity index (χ1n) is 10.9. The third-order valence-electron chi connectivity index (χ3n) is 5.66. The van der Waals surface area contributed by atoms with Gasteiger partial charge in [-0.1, -0.05) is 0 Å². The second kappa shape index (κ2) is 11.5. The van der Waals surface area contributed by atoms with E-state index in [9.17, 15) is 29.1 Å². The van der Waals surface area contributed by atoms with Crippen molar-refractivity contribution < 1.29 is 34.2 Å². The van der Waals surface area contributed by atoms with Crippen LogP contribution in [-0.4, -0.2) is 86.1 Å². The number of aliphatic carboxylic acids is 1. The molecule has 2 saturated heterocycles. The molecule has 2 aliphatic heterocycles. The number of aliphatic hydroxyl groups is 1. The van der Waals surface area contributed by atoms with Crippen molar-refractivity contribution in [1.29, 1.82) is 0 Å². The number of hydrazine groups is 1. The first-order chi connectivity index (χ1) is 16.3. The molecule has 2 aliphatic rings. The number of amides is 3. The van der Waals surface area contributed by atoms with Gasteiger partial charge in [-0.05, 0) is 43.0 Å². The summed E-state index contributed by atoms with van der Waals surface area (Å²) in [5.41, 5.74) is 0.745. The SMILES string of the molecule is O=C[C@H](CC(=O)O)NC(O)[C@@H]1CCCN2C(=O)CC[C@H](NC(=O)/C=C/c3ccncc3)C(=O)N12. The molecular formula is C22H27N5O7. The number of carbonyl (C=O) groups is 5. The summed E-state index contributed by atoms with van der Waals surface area (Å²) in [6, 6.07) is 0.319. The maximum atomic E-state index is 13.4. The molecule has 34 heavy (non-hydrogen) atoms. The minimum atomic E-state index is -1.46. The number of hydrogen-bond donors (Lipinski definition) is 4. The second-order valence-electron chi connectivity index (χ2n) is 8.07. The lowest BCUT2D eigenvalue weighted by Crippen LogP contribution is -2.65. The molecule has 0 saturated carbocycles. The zero-order valence-electron chi connectivity index (χ0n) is 18.4. The summed E-state index contributed by atoms with van der Waals surface area (Å²) in [7, 11) is 0. The van der Waals surface area contributed by atoms with Gasteiger partial charge in [0.1, 0.15) is 18.6 Å². The highest BCUT2D eigenvalue weighted by atomic mass is 16.4. The topological polar surface area (TPSA) is 169 Å². The number of carboxylic acid groups (broad SMARTS) is 1. The number of pyridine rings is 1. The predicted octanol–water partition coefficient (Wildman–Crippen LogP) is -0.942. The monoisotopic (exact) mass is 473 g/mol. The Balaban J connectivity index is 1.75. The fourth-order valence-corrected chi connectivity index (χ4v) is 4.02. The number of aromatic nitrogens is 1. The Bertz CT molecular complexity index is 954. The van der Waals surface area contributed by atoms with Crippen molar-refractivity contribution >= 4 is 36.1 Å². The first-order valence-corrected chi connectivity index (χ1v) is 10.9. The Morgan fingerprint density at radius 3 is 2.65 bits per heavy atom. The van der Waals surface area contributed by atoms with Gasteiger partial charge in [-0.2, -0.15) is 0 Å². The van der Waals surface area contributed by atoms with Crippen LogP contribution >= 0.6 is 0 Å². The highest BCUT2D eigenvalue weighted by molar-refractivity contribution is 5.96. The lowest BCUT2D eigenvalue weighted by molar-refractivity contribution is -0.181. The van der Waals surface area contributed by atoms with E-state index in [0.29, 0.717) is 19.1 Å². The van der Waals surface area contributed by atoms with Crippen molar-refractivity contribution in [3.63, 3.8) is 0 Å². The Morgan fingerprint density at radius 1 is 1.24 bits per heavy atom. The Morgan fingerprint density at radius 2 is 1.97 bits per heavy atom. The summed E-state index contributed by atoms with van der Waals surface area (Å²) in [5, 5.41) is 27.2. The summed E-state index contributed by atoms with van der Waals surface area (Å²) in [6.45, 7) is 0.267. The van der Waals surface area contributed by atoms with Gasteiger partial charge in [0.2, 0.25) is 11.8 Å². The van der Waals surface area contributed by atoms with E-state index in [1.807, 2.05) is 0 Å². The molecule has 1 aromatic rings. The summed E-state index contributed by atoms with van der Waals surface area (Å²) in [6.07, 6.45) is 5.27. The van der Waals surface area contributed by atoms with Crippen molar-refractivity contribution in [1.82, 2.24) is 25.6 Å². The average Bonchev–Trinajstić information content (AvgIpc) is 2.94. The normalized spacial score (nSPS) is 22.6. The molecular weight excluding hydrogens is 446 g/mol. The minimum absolute atomic E-state index is 0.0213. The molecule has 2 fully saturated rings. The first kappa shape index (κ1) is 25.0. The number of aliphatic hydroxyl groups excluding tert-OH is 1. The van der Waals surface area contributed by atoms with Gasteiger partial charge in [0.25, 0.3) is 5.91 Å². The van der Waals surface area contributed by atoms with E-state index in [4.69, 9.17) is 5.11 Å². The minimum Gasteiger partial charge on any atom is -0.481 e. The van der Waals surface area contributed by atoms with Crippen LogP contribution in [0.2, 0.25) is 0 Å². The van der Waals surface area contributed by atoms with E-state index in [1.54, 1.807) is 30.6 Å². The van der Waals surface area contributed by atoms with Crippen LogP contribution in [0.25, 0.3) is 6.08 Å². The van der Waals surface area contributed by atoms with Gasteiger partial charge in [-0.15, -0.1) is 0 Å². The van der Waals surface area contributed by atoms with E-state index in [2.05, 4.69) is 15.6 Å². The largest absolute Gasteiger partial charge is 0.481 e. The number of aldehydes is 1. The van der Waals surface area contributed by atoms with Crippen LogP contribution in [0.3, 0.4) is 0 Å². The molecule has 12 heteroatoms. The number of carboxylic acids is 1. The van der Waals surface area contributed by atoms with E-state index < -0.39 is 48.6 Å². The quantitative estimate of drug-likeness (QED) is 0.201. The number of fused-ring (bicyclic) bond motifs is 1. The maximum Gasteiger partial charge on any atom is 0.305 e. The fraction of sp³-hybridized carbons (Fsp3) is 0.455. The number of nitrogens with zero attached hydrogens (tertiary/aromatic N) is 3. The summed E-state index contributed by atoms with van der Waals surface area (Å²) < 4.78 is 0. The Kier molecular flexibility index (Phi) is 8.44. The van der Waals surface area contributed by atoms with Crippen molar-refractivity contribution in [2.45, 2.75) is 56.5 Å². The third-order valence-corrected chi connectivity index (χ3v) is 5.66. The highest BCUT2D eigenvalue weighted by Gasteiger charge is 2.44. The molecule has 3 rings (SSSR count). The molecule has 3 amide bonds. The van der Waals surface area contributed by atoms with E-state index in [0.717, 1.165) is 10.6 Å². The number of nitrogens with one attached hydrogen (secondary N) is 2. The van der Waals surface area contributed by atoms with Gasteiger partial charge in [-0.25, -0.2) is 5.01 Å². The van der Waals surface area contributed by atoms with Crippen molar-refractivity contribution in [3.05, 3.63) is 36.2 Å². The highest BCUT2D eigenvalue weighted by Crippen LogP contribution is 2.26. The fourth-order valence-electron chi connectivity index (χ4n) is 4.02. The zero-order valence-corrected chi connectivity index (χ0v) is 18.4. The van der Waals surface area contributed by atoms with Crippen LogP contribution in [-0.2, 0) is 24.0 Å². The summed E-state index contributed by atoms with van der Waals surface area (Å²) in [4.78, 5) is 64.5. The van der Waals surface area contributed by atoms with Crippen molar-refractivity contribution in [3.8, 4) is 0 Å². The van der Waals surface area contributed by atoms with Gasteiger partial charge >= 0.3 is 5.97 Å². The van der Waals surface area contributed by atoms with Crippen LogP contribution in [0.15, 0.2) is 30.6 Å². The van der Waals surface area contributed by atoms with Crippen LogP contribution in [0, 0.1) is 0 Å². The molecule has 0 spiro atoms. The summed E-state index contributed by atoms with van der Waals surface area (Å²) in [5.74, 6) is -2.65. The van der Waals surface area contributed by atoms with E-state index in [-0.39, 0.29) is 25.3 Å². The maximum absolute atomic E-state index is 13.4. The summed E-state index contributed by atoms with van der Waals surface area (Å²) >= 11 is 0. The van der Waals surface area contributed by atoms with Crippen LogP contribution in [0.4, 0.5) is 0 Å².